The van der Waals surface area contributed by atoms with E-state index in [0.29, 0.717) is 6.04 Å². The second-order valence-corrected chi connectivity index (χ2v) is 4.80. The van der Waals surface area contributed by atoms with Crippen molar-refractivity contribution in [1.82, 2.24) is 4.90 Å². The van der Waals surface area contributed by atoms with Crippen LogP contribution < -0.4 is 5.73 Å². The quantitative estimate of drug-likeness (QED) is 0.507. The van der Waals surface area contributed by atoms with Gasteiger partial charge in [-0.3, -0.25) is 4.99 Å². The van der Waals surface area contributed by atoms with Crippen molar-refractivity contribution < 1.29 is 0 Å². The highest BCUT2D eigenvalue weighted by Crippen LogP contribution is 2.33. The molecule has 0 aliphatic carbocycles. The van der Waals surface area contributed by atoms with Crippen molar-refractivity contribution in [3.63, 3.8) is 0 Å². The Hall–Kier alpha value is -0.570. The highest BCUT2D eigenvalue weighted by molar-refractivity contribution is 5.77. The molecule has 3 nitrogen and oxygen atoms in total. The van der Waals surface area contributed by atoms with E-state index in [9.17, 15) is 0 Å². The monoisotopic (exact) mass is 195 g/mol. The van der Waals surface area contributed by atoms with E-state index in [1.165, 1.54) is 32.1 Å². The molecule has 2 unspecified atom stereocenters. The average Bonchev–Trinajstić information content (AvgIpc) is 2.05. The molecule has 0 saturated carbocycles. The van der Waals surface area contributed by atoms with Gasteiger partial charge in [0.15, 0.2) is 0 Å². The molecule has 3 heteroatoms. The molecule has 0 amide bonds. The summed E-state index contributed by atoms with van der Waals surface area (Å²) in [7, 11) is 2.27. The van der Waals surface area contributed by atoms with Gasteiger partial charge in [-0.2, -0.15) is 0 Å². The number of hydrogen-bond acceptors (Lipinski definition) is 2. The van der Waals surface area contributed by atoms with Gasteiger partial charge in [0.25, 0.3) is 0 Å². The smallest absolute Gasteiger partial charge is 0.0909 e. The van der Waals surface area contributed by atoms with E-state index in [-0.39, 0.29) is 0 Å². The van der Waals surface area contributed by atoms with Crippen LogP contribution in [-0.2, 0) is 0 Å². The van der Waals surface area contributed by atoms with Crippen LogP contribution in [0.3, 0.4) is 0 Å². The van der Waals surface area contributed by atoms with Gasteiger partial charge >= 0.3 is 0 Å². The minimum absolute atomic E-state index is 0.492. The molecule has 2 fully saturated rings. The molecule has 2 heterocycles. The SMILES string of the molecule is CC(N)=NC1CC2CCCC(C1)N2C. The number of piperidine rings is 2. The lowest BCUT2D eigenvalue weighted by atomic mass is 9.82. The molecule has 14 heavy (non-hydrogen) atoms. The second kappa shape index (κ2) is 3.89. The number of aliphatic imine (C=N–C) groups is 1. The molecule has 2 N–H and O–H groups in total. The number of nitrogens with two attached hydrogens (primary N) is 1. The van der Waals surface area contributed by atoms with Crippen LogP contribution in [0.5, 0.6) is 0 Å². The molecule has 80 valence electrons. The summed E-state index contributed by atoms with van der Waals surface area (Å²) in [4.78, 5) is 7.08. The molecule has 0 aromatic heterocycles. The third-order valence-electron chi connectivity index (χ3n) is 3.70. The number of hydrogen-bond donors (Lipinski definition) is 1. The summed E-state index contributed by atoms with van der Waals surface area (Å²) >= 11 is 0. The van der Waals surface area contributed by atoms with Gasteiger partial charge in [-0.05, 0) is 39.7 Å². The van der Waals surface area contributed by atoms with Crippen LogP contribution in [0.2, 0.25) is 0 Å². The fourth-order valence-corrected chi connectivity index (χ4v) is 2.98. The Bertz CT molecular complexity index is 219. The molecular formula is C11H21N3. The Labute approximate surface area is 86.4 Å². The molecular weight excluding hydrogens is 174 g/mol. The van der Waals surface area contributed by atoms with E-state index >= 15 is 0 Å². The average molecular weight is 195 g/mol. The maximum Gasteiger partial charge on any atom is 0.0909 e. The van der Waals surface area contributed by atoms with E-state index in [4.69, 9.17) is 5.73 Å². The molecule has 2 atom stereocenters. The third-order valence-corrected chi connectivity index (χ3v) is 3.70. The van der Waals surface area contributed by atoms with E-state index in [0.717, 1.165) is 17.9 Å². The molecule has 2 bridgehead atoms. The lowest BCUT2D eigenvalue weighted by molar-refractivity contribution is 0.0574. The van der Waals surface area contributed by atoms with Gasteiger partial charge in [-0.25, -0.2) is 0 Å². The fourth-order valence-electron chi connectivity index (χ4n) is 2.98. The van der Waals surface area contributed by atoms with Crippen LogP contribution >= 0.6 is 0 Å². The molecule has 2 aliphatic rings. The summed E-state index contributed by atoms with van der Waals surface area (Å²) in [6.07, 6.45) is 6.52. The summed E-state index contributed by atoms with van der Waals surface area (Å²) < 4.78 is 0. The van der Waals surface area contributed by atoms with E-state index in [1.807, 2.05) is 6.92 Å². The minimum Gasteiger partial charge on any atom is -0.388 e. The highest BCUT2D eigenvalue weighted by atomic mass is 15.2. The van der Waals surface area contributed by atoms with Crippen molar-refractivity contribution >= 4 is 5.84 Å². The van der Waals surface area contributed by atoms with E-state index in [1.54, 1.807) is 0 Å². The zero-order valence-electron chi connectivity index (χ0n) is 9.24. The van der Waals surface area contributed by atoms with Gasteiger partial charge in [0.1, 0.15) is 0 Å². The normalized spacial score (nSPS) is 39.9. The van der Waals surface area contributed by atoms with Crippen LogP contribution in [0, 0.1) is 0 Å². The van der Waals surface area contributed by atoms with Crippen molar-refractivity contribution in [3.8, 4) is 0 Å². The van der Waals surface area contributed by atoms with Gasteiger partial charge in [0.05, 0.1) is 11.9 Å². The van der Waals surface area contributed by atoms with Crippen LogP contribution in [-0.4, -0.2) is 35.9 Å². The van der Waals surface area contributed by atoms with Crippen LogP contribution in [0.25, 0.3) is 0 Å². The number of fused-ring (bicyclic) bond motifs is 2. The Morgan fingerprint density at radius 2 is 1.86 bits per heavy atom. The molecule has 0 radical (unpaired) electrons. The summed E-state index contributed by atoms with van der Waals surface area (Å²) in [6.45, 7) is 1.90. The second-order valence-electron chi connectivity index (χ2n) is 4.80. The van der Waals surface area contributed by atoms with Crippen LogP contribution in [0.4, 0.5) is 0 Å². The predicted octanol–water partition coefficient (Wildman–Crippen LogP) is 1.38. The summed E-state index contributed by atoms with van der Waals surface area (Å²) in [6, 6.07) is 2.01. The first-order valence-corrected chi connectivity index (χ1v) is 5.68. The zero-order valence-corrected chi connectivity index (χ0v) is 9.24. The van der Waals surface area contributed by atoms with Crippen molar-refractivity contribution in [2.24, 2.45) is 10.7 Å². The molecule has 0 aromatic rings. The van der Waals surface area contributed by atoms with Crippen molar-refractivity contribution in [2.45, 2.75) is 57.2 Å². The van der Waals surface area contributed by atoms with Gasteiger partial charge in [0, 0.05) is 12.1 Å². The molecule has 2 saturated heterocycles. The van der Waals surface area contributed by atoms with Gasteiger partial charge in [-0.15, -0.1) is 0 Å². The fraction of sp³-hybridized carbons (Fsp3) is 0.909. The first kappa shape index (κ1) is 9.97. The van der Waals surface area contributed by atoms with E-state index < -0.39 is 0 Å². The van der Waals surface area contributed by atoms with Crippen molar-refractivity contribution in [3.05, 3.63) is 0 Å². The Balaban J connectivity index is 2.04. The lowest BCUT2D eigenvalue weighted by Crippen LogP contribution is -2.51. The number of amidine groups is 1. The summed E-state index contributed by atoms with van der Waals surface area (Å²) in [5.74, 6) is 0.748. The van der Waals surface area contributed by atoms with Crippen molar-refractivity contribution in [1.29, 1.82) is 0 Å². The Morgan fingerprint density at radius 1 is 1.29 bits per heavy atom. The maximum absolute atomic E-state index is 5.64. The van der Waals surface area contributed by atoms with Crippen molar-refractivity contribution in [2.75, 3.05) is 7.05 Å². The Kier molecular flexibility index (Phi) is 2.77. The first-order valence-electron chi connectivity index (χ1n) is 5.68. The molecule has 0 spiro atoms. The number of rotatable bonds is 1. The topological polar surface area (TPSA) is 41.6 Å². The van der Waals surface area contributed by atoms with Gasteiger partial charge < -0.3 is 10.6 Å². The highest BCUT2D eigenvalue weighted by Gasteiger charge is 2.35. The number of nitrogens with zero attached hydrogens (tertiary/aromatic N) is 2. The van der Waals surface area contributed by atoms with Crippen LogP contribution in [0.15, 0.2) is 4.99 Å². The lowest BCUT2D eigenvalue weighted by Gasteiger charge is -2.46. The summed E-state index contributed by atoms with van der Waals surface area (Å²) in [5.41, 5.74) is 5.64. The first-order chi connectivity index (χ1) is 6.66. The standard InChI is InChI=1S/C11H21N3/c1-8(12)13-9-6-10-4-3-5-11(7-9)14(10)2/h9-11H,3-7H2,1-2H3,(H2,12,13). The van der Waals surface area contributed by atoms with Crippen LogP contribution in [0.1, 0.15) is 39.0 Å². The van der Waals surface area contributed by atoms with Gasteiger partial charge in [-0.1, -0.05) is 6.42 Å². The maximum atomic E-state index is 5.64. The minimum atomic E-state index is 0.492. The zero-order chi connectivity index (χ0) is 10.1. The van der Waals surface area contributed by atoms with Gasteiger partial charge in [0.2, 0.25) is 0 Å². The molecule has 2 aliphatic heterocycles. The largest absolute Gasteiger partial charge is 0.388 e. The molecule has 2 rings (SSSR count). The third kappa shape index (κ3) is 1.92. The van der Waals surface area contributed by atoms with E-state index in [2.05, 4.69) is 16.9 Å². The Morgan fingerprint density at radius 3 is 2.36 bits per heavy atom. The predicted molar refractivity (Wildman–Crippen MR) is 59.5 cm³/mol. The summed E-state index contributed by atoms with van der Waals surface area (Å²) in [5, 5.41) is 0. The molecule has 0 aromatic carbocycles.